The van der Waals surface area contributed by atoms with E-state index in [1.807, 2.05) is 0 Å². The fraction of sp³-hybridized carbons (Fsp3) is 0.0667. The molecule has 0 bridgehead atoms. The second kappa shape index (κ2) is 5.75. The van der Waals surface area contributed by atoms with Crippen molar-refractivity contribution < 1.29 is 19.4 Å². The van der Waals surface area contributed by atoms with E-state index in [9.17, 15) is 9.59 Å². The first kappa shape index (κ1) is 14.1. The van der Waals surface area contributed by atoms with Crippen LogP contribution in [-0.2, 0) is 4.74 Å². The molecule has 0 fully saturated rings. The smallest absolute Gasteiger partial charge is 0.338 e. The zero-order chi connectivity index (χ0) is 14.7. The van der Waals surface area contributed by atoms with Gasteiger partial charge in [0, 0.05) is 0 Å². The summed E-state index contributed by atoms with van der Waals surface area (Å²) in [6.45, 7) is 0. The number of carbonyl (C=O) groups is 2. The number of methoxy groups -OCH3 is 1. The lowest BCUT2D eigenvalue weighted by atomic mass is 9.98. The van der Waals surface area contributed by atoms with Gasteiger partial charge < -0.3 is 9.84 Å². The van der Waals surface area contributed by atoms with Gasteiger partial charge in [0.2, 0.25) is 0 Å². The Hall–Kier alpha value is -2.33. The molecule has 2 aromatic rings. The van der Waals surface area contributed by atoms with Gasteiger partial charge in [0.15, 0.2) is 0 Å². The Labute approximate surface area is 120 Å². The van der Waals surface area contributed by atoms with Crippen molar-refractivity contribution in [3.63, 3.8) is 0 Å². The Morgan fingerprint density at radius 3 is 2.45 bits per heavy atom. The number of esters is 1. The number of carboxylic acids is 1. The number of carbonyl (C=O) groups excluding carboxylic acids is 1. The lowest BCUT2D eigenvalue weighted by Gasteiger charge is -2.09. The van der Waals surface area contributed by atoms with Gasteiger partial charge in [-0.3, -0.25) is 0 Å². The molecule has 1 N–H and O–H groups in total. The molecule has 5 heteroatoms. The minimum atomic E-state index is -1.12. The summed E-state index contributed by atoms with van der Waals surface area (Å²) >= 11 is 5.84. The summed E-state index contributed by atoms with van der Waals surface area (Å²) < 4.78 is 4.72. The summed E-state index contributed by atoms with van der Waals surface area (Å²) in [5, 5.41) is 9.24. The van der Waals surface area contributed by atoms with E-state index in [1.165, 1.54) is 19.2 Å². The van der Waals surface area contributed by atoms with Crippen LogP contribution in [-0.4, -0.2) is 24.2 Å². The monoisotopic (exact) mass is 290 g/mol. The highest BCUT2D eigenvalue weighted by Gasteiger charge is 2.15. The summed E-state index contributed by atoms with van der Waals surface area (Å²) in [5.41, 5.74) is 1.55. The third-order valence-corrected chi connectivity index (χ3v) is 3.17. The molecule has 0 atom stereocenters. The van der Waals surface area contributed by atoms with Gasteiger partial charge in [-0.15, -0.1) is 0 Å². The van der Waals surface area contributed by atoms with Gasteiger partial charge in [-0.2, -0.15) is 0 Å². The summed E-state index contributed by atoms with van der Waals surface area (Å²) in [5.74, 6) is -1.60. The van der Waals surface area contributed by atoms with Crippen LogP contribution in [0.15, 0.2) is 42.5 Å². The molecule has 2 aromatic carbocycles. The molecule has 20 heavy (non-hydrogen) atoms. The number of carboxylic acid groups (broad SMARTS) is 1. The zero-order valence-electron chi connectivity index (χ0n) is 10.6. The largest absolute Gasteiger partial charge is 0.478 e. The van der Waals surface area contributed by atoms with Crippen molar-refractivity contribution in [2.24, 2.45) is 0 Å². The van der Waals surface area contributed by atoms with Gasteiger partial charge in [0.05, 0.1) is 23.3 Å². The summed E-state index contributed by atoms with van der Waals surface area (Å²) in [4.78, 5) is 22.8. The van der Waals surface area contributed by atoms with Crippen LogP contribution in [0.2, 0.25) is 5.02 Å². The molecular weight excluding hydrogens is 280 g/mol. The number of benzene rings is 2. The highest BCUT2D eigenvalue weighted by molar-refractivity contribution is 6.33. The van der Waals surface area contributed by atoms with E-state index in [0.29, 0.717) is 16.7 Å². The van der Waals surface area contributed by atoms with E-state index < -0.39 is 11.9 Å². The average molecular weight is 291 g/mol. The Morgan fingerprint density at radius 1 is 1.10 bits per heavy atom. The van der Waals surface area contributed by atoms with E-state index in [0.717, 1.165) is 0 Å². The minimum Gasteiger partial charge on any atom is -0.478 e. The number of ether oxygens (including phenoxy) is 1. The van der Waals surface area contributed by atoms with Crippen molar-refractivity contribution >= 4 is 23.5 Å². The summed E-state index contributed by atoms with van der Waals surface area (Å²) in [6, 6.07) is 11.4. The molecule has 0 spiro atoms. The lowest BCUT2D eigenvalue weighted by molar-refractivity contribution is 0.0601. The van der Waals surface area contributed by atoms with E-state index in [-0.39, 0.29) is 10.6 Å². The first-order chi connectivity index (χ1) is 9.54. The van der Waals surface area contributed by atoms with Crippen molar-refractivity contribution in [3.05, 3.63) is 58.6 Å². The van der Waals surface area contributed by atoms with Crippen LogP contribution in [0.1, 0.15) is 20.7 Å². The number of hydrogen-bond acceptors (Lipinski definition) is 3. The zero-order valence-corrected chi connectivity index (χ0v) is 11.3. The molecule has 0 aliphatic carbocycles. The highest BCUT2D eigenvalue weighted by atomic mass is 35.5. The van der Waals surface area contributed by atoms with E-state index in [1.54, 1.807) is 30.3 Å². The summed E-state index contributed by atoms with van der Waals surface area (Å²) in [7, 11) is 1.30. The Kier molecular flexibility index (Phi) is 4.05. The van der Waals surface area contributed by atoms with Crippen molar-refractivity contribution in [2.45, 2.75) is 0 Å². The van der Waals surface area contributed by atoms with Crippen molar-refractivity contribution in [1.82, 2.24) is 0 Å². The van der Waals surface area contributed by atoms with Crippen molar-refractivity contribution in [1.29, 1.82) is 0 Å². The van der Waals surface area contributed by atoms with E-state index in [2.05, 4.69) is 0 Å². The second-order valence-corrected chi connectivity index (χ2v) is 4.44. The van der Waals surface area contributed by atoms with Crippen LogP contribution in [0.4, 0.5) is 0 Å². The van der Waals surface area contributed by atoms with Crippen LogP contribution >= 0.6 is 11.6 Å². The molecule has 0 saturated carbocycles. The van der Waals surface area contributed by atoms with Gasteiger partial charge in [-0.25, -0.2) is 9.59 Å². The molecule has 0 unspecified atom stereocenters. The van der Waals surface area contributed by atoms with Crippen LogP contribution in [0, 0.1) is 0 Å². The minimum absolute atomic E-state index is 0.0103. The fourth-order valence-corrected chi connectivity index (χ4v) is 2.08. The summed E-state index contributed by atoms with van der Waals surface area (Å²) in [6.07, 6.45) is 0. The first-order valence-electron chi connectivity index (χ1n) is 5.75. The normalized spacial score (nSPS) is 10.1. The van der Waals surface area contributed by atoms with Gasteiger partial charge in [-0.05, 0) is 29.3 Å². The van der Waals surface area contributed by atoms with Crippen molar-refractivity contribution in [2.75, 3.05) is 7.11 Å². The predicted molar refractivity (Wildman–Crippen MR) is 75.2 cm³/mol. The molecule has 0 aliphatic rings. The fourth-order valence-electron chi connectivity index (χ4n) is 1.88. The third kappa shape index (κ3) is 2.65. The average Bonchev–Trinajstić information content (AvgIpc) is 2.46. The van der Waals surface area contributed by atoms with Crippen molar-refractivity contribution in [3.8, 4) is 11.1 Å². The number of rotatable bonds is 3. The standard InChI is InChI=1S/C15H11ClO4/c1-20-15(19)11-5-3-2-4-10(11)9-6-7-13(16)12(8-9)14(17)18/h2-8H,1H3,(H,17,18). The maximum atomic E-state index is 11.7. The molecule has 0 heterocycles. The molecule has 102 valence electrons. The second-order valence-electron chi connectivity index (χ2n) is 4.04. The number of aromatic carboxylic acids is 1. The molecule has 0 aliphatic heterocycles. The SMILES string of the molecule is COC(=O)c1ccccc1-c1ccc(Cl)c(C(=O)O)c1. The Balaban J connectivity index is 2.60. The Morgan fingerprint density at radius 2 is 1.80 bits per heavy atom. The molecule has 0 saturated heterocycles. The molecule has 4 nitrogen and oxygen atoms in total. The Bertz CT molecular complexity index is 679. The van der Waals surface area contributed by atoms with Crippen LogP contribution in [0.25, 0.3) is 11.1 Å². The molecule has 0 aromatic heterocycles. The van der Waals surface area contributed by atoms with Crippen LogP contribution < -0.4 is 0 Å². The van der Waals surface area contributed by atoms with Gasteiger partial charge in [0.25, 0.3) is 0 Å². The maximum Gasteiger partial charge on any atom is 0.338 e. The quantitative estimate of drug-likeness (QED) is 0.879. The number of halogens is 1. The first-order valence-corrected chi connectivity index (χ1v) is 6.13. The lowest BCUT2D eigenvalue weighted by Crippen LogP contribution is -2.04. The molecule has 0 radical (unpaired) electrons. The van der Waals surface area contributed by atoms with E-state index >= 15 is 0 Å². The van der Waals surface area contributed by atoms with Gasteiger partial charge >= 0.3 is 11.9 Å². The molecule has 2 rings (SSSR count). The van der Waals surface area contributed by atoms with Gasteiger partial charge in [-0.1, -0.05) is 35.9 Å². The topological polar surface area (TPSA) is 63.6 Å². The van der Waals surface area contributed by atoms with E-state index in [4.69, 9.17) is 21.4 Å². The molecular formula is C15H11ClO4. The van der Waals surface area contributed by atoms with Gasteiger partial charge in [0.1, 0.15) is 0 Å². The molecule has 0 amide bonds. The maximum absolute atomic E-state index is 11.7. The van der Waals surface area contributed by atoms with Crippen LogP contribution in [0.5, 0.6) is 0 Å². The van der Waals surface area contributed by atoms with Crippen LogP contribution in [0.3, 0.4) is 0 Å². The number of hydrogen-bond donors (Lipinski definition) is 1. The highest BCUT2D eigenvalue weighted by Crippen LogP contribution is 2.28. The third-order valence-electron chi connectivity index (χ3n) is 2.84. The predicted octanol–water partition coefficient (Wildman–Crippen LogP) is 3.49.